The molecule has 0 aliphatic heterocycles. The molecule has 2 aromatic heterocycles. The van der Waals surface area contributed by atoms with E-state index < -0.39 is 0 Å². The number of nitrogens with one attached hydrogen (secondary N) is 2. The third-order valence-electron chi connectivity index (χ3n) is 4.12. The second-order valence-corrected chi connectivity index (χ2v) is 5.89. The van der Waals surface area contributed by atoms with Gasteiger partial charge >= 0.3 is 0 Å². The molecule has 0 aliphatic carbocycles. The lowest BCUT2D eigenvalue weighted by molar-refractivity contribution is -0.123. The van der Waals surface area contributed by atoms with E-state index in [2.05, 4.69) is 25.5 Å². The Kier molecular flexibility index (Phi) is 5.18. The summed E-state index contributed by atoms with van der Waals surface area (Å²) in [6.07, 6.45) is 4.15. The smallest absolute Gasteiger partial charge is 0.228 e. The van der Waals surface area contributed by atoms with Gasteiger partial charge in [0, 0.05) is 18.0 Å². The van der Waals surface area contributed by atoms with Crippen molar-refractivity contribution >= 4 is 5.91 Å². The predicted molar refractivity (Wildman–Crippen MR) is 95.6 cm³/mol. The molecule has 0 bridgehead atoms. The van der Waals surface area contributed by atoms with Crippen LogP contribution in [-0.2, 0) is 4.79 Å². The normalized spacial score (nSPS) is 13.2. The first-order chi connectivity index (χ1) is 12.2. The van der Waals surface area contributed by atoms with E-state index in [1.807, 2.05) is 56.3 Å². The first kappa shape index (κ1) is 16.8. The number of nitrogens with zero attached hydrogens (tertiary/aromatic N) is 3. The number of pyridine rings is 1. The zero-order valence-electron chi connectivity index (χ0n) is 14.3. The van der Waals surface area contributed by atoms with Gasteiger partial charge in [-0.15, -0.1) is 0 Å². The number of aromatic amines is 1. The molecule has 0 fully saturated rings. The molecule has 3 aromatic rings. The van der Waals surface area contributed by atoms with Crippen molar-refractivity contribution in [1.82, 2.24) is 25.5 Å². The Labute approximate surface area is 146 Å². The maximum Gasteiger partial charge on any atom is 0.228 e. The van der Waals surface area contributed by atoms with E-state index in [9.17, 15) is 4.79 Å². The number of hydrogen-bond acceptors (Lipinski definition) is 4. The lowest BCUT2D eigenvalue weighted by Gasteiger charge is -2.18. The van der Waals surface area contributed by atoms with Crippen molar-refractivity contribution in [2.45, 2.75) is 32.2 Å². The fourth-order valence-corrected chi connectivity index (χ4v) is 2.73. The Morgan fingerprint density at radius 2 is 2.00 bits per heavy atom. The average Bonchev–Trinajstić information content (AvgIpc) is 3.14. The first-order valence-electron chi connectivity index (χ1n) is 8.37. The number of hydrogen-bond donors (Lipinski definition) is 2. The molecule has 0 saturated carbocycles. The third kappa shape index (κ3) is 3.91. The summed E-state index contributed by atoms with van der Waals surface area (Å²) >= 11 is 0. The molecule has 0 unspecified atom stereocenters. The van der Waals surface area contributed by atoms with E-state index in [1.54, 1.807) is 12.4 Å². The Balaban J connectivity index is 1.70. The number of carbonyl (C=O) groups is 1. The van der Waals surface area contributed by atoms with Crippen LogP contribution >= 0.6 is 0 Å². The van der Waals surface area contributed by atoms with Gasteiger partial charge in [-0.25, -0.2) is 4.98 Å². The highest BCUT2D eigenvalue weighted by Gasteiger charge is 2.22. The maximum atomic E-state index is 12.7. The van der Waals surface area contributed by atoms with Gasteiger partial charge in [-0.2, -0.15) is 5.10 Å². The number of benzene rings is 1. The molecule has 0 radical (unpaired) electrons. The molecule has 3 rings (SSSR count). The van der Waals surface area contributed by atoms with Gasteiger partial charge in [0.25, 0.3) is 0 Å². The second-order valence-electron chi connectivity index (χ2n) is 5.89. The van der Waals surface area contributed by atoms with Crippen molar-refractivity contribution in [3.63, 3.8) is 0 Å². The van der Waals surface area contributed by atoms with Gasteiger partial charge in [-0.1, -0.05) is 37.3 Å². The third-order valence-corrected chi connectivity index (χ3v) is 4.12. The van der Waals surface area contributed by atoms with Crippen LogP contribution in [0.2, 0.25) is 0 Å². The minimum atomic E-state index is -0.261. The van der Waals surface area contributed by atoms with Gasteiger partial charge in [-0.05, 0) is 31.0 Å². The Bertz CT molecular complexity index is 816. The van der Waals surface area contributed by atoms with Gasteiger partial charge in [0.1, 0.15) is 5.82 Å². The Morgan fingerprint density at radius 3 is 2.68 bits per heavy atom. The number of amides is 1. The summed E-state index contributed by atoms with van der Waals surface area (Å²) in [6, 6.07) is 13.3. The lowest BCUT2D eigenvalue weighted by atomic mass is 9.95. The minimum Gasteiger partial charge on any atom is -0.346 e. The van der Waals surface area contributed by atoms with Crippen molar-refractivity contribution < 1.29 is 4.79 Å². The highest BCUT2D eigenvalue weighted by atomic mass is 16.1. The van der Waals surface area contributed by atoms with E-state index in [-0.39, 0.29) is 17.9 Å². The quantitative estimate of drug-likeness (QED) is 0.724. The Hall–Kier alpha value is -3.02. The number of carbonyl (C=O) groups excluding carboxylic acids is 1. The van der Waals surface area contributed by atoms with Crippen LogP contribution < -0.4 is 5.32 Å². The molecule has 2 atom stereocenters. The molecular weight excluding hydrogens is 314 g/mol. The SMILES string of the molecule is CC[C@H](C(=O)N[C@H](C)c1nc(-c2cccnc2)n[nH]1)c1ccccc1. The van der Waals surface area contributed by atoms with Crippen LogP contribution in [0, 0.1) is 0 Å². The van der Waals surface area contributed by atoms with Crippen molar-refractivity contribution in [1.29, 1.82) is 0 Å². The van der Waals surface area contributed by atoms with E-state index >= 15 is 0 Å². The summed E-state index contributed by atoms with van der Waals surface area (Å²) < 4.78 is 0. The molecule has 6 nitrogen and oxygen atoms in total. The van der Waals surface area contributed by atoms with Crippen LogP contribution in [0.4, 0.5) is 0 Å². The molecule has 1 aromatic carbocycles. The van der Waals surface area contributed by atoms with Gasteiger partial charge in [-0.3, -0.25) is 14.9 Å². The van der Waals surface area contributed by atoms with Crippen molar-refractivity contribution in [2.24, 2.45) is 0 Å². The molecule has 1 amide bonds. The lowest BCUT2D eigenvalue weighted by Crippen LogP contribution is -2.32. The molecule has 25 heavy (non-hydrogen) atoms. The van der Waals surface area contributed by atoms with Gasteiger partial charge < -0.3 is 5.32 Å². The molecule has 2 heterocycles. The molecule has 0 saturated heterocycles. The highest BCUT2D eigenvalue weighted by Crippen LogP contribution is 2.21. The fourth-order valence-electron chi connectivity index (χ4n) is 2.73. The monoisotopic (exact) mass is 335 g/mol. The molecule has 0 aliphatic rings. The minimum absolute atomic E-state index is 0.0134. The molecule has 0 spiro atoms. The molecule has 6 heteroatoms. The largest absolute Gasteiger partial charge is 0.346 e. The summed E-state index contributed by atoms with van der Waals surface area (Å²) in [4.78, 5) is 21.2. The van der Waals surface area contributed by atoms with Gasteiger partial charge in [0.05, 0.1) is 12.0 Å². The van der Waals surface area contributed by atoms with Gasteiger partial charge in [0.15, 0.2) is 5.82 Å². The van der Waals surface area contributed by atoms with Crippen molar-refractivity contribution in [3.05, 3.63) is 66.2 Å². The number of rotatable bonds is 6. The number of H-pyrrole nitrogens is 1. The van der Waals surface area contributed by atoms with E-state index in [1.165, 1.54) is 0 Å². The van der Waals surface area contributed by atoms with E-state index in [4.69, 9.17) is 0 Å². The van der Waals surface area contributed by atoms with Crippen LogP contribution in [0.5, 0.6) is 0 Å². The van der Waals surface area contributed by atoms with Crippen LogP contribution in [-0.4, -0.2) is 26.1 Å². The zero-order valence-corrected chi connectivity index (χ0v) is 14.3. The Morgan fingerprint density at radius 1 is 1.20 bits per heavy atom. The van der Waals surface area contributed by atoms with Gasteiger partial charge in [0.2, 0.25) is 5.91 Å². The zero-order chi connectivity index (χ0) is 17.6. The van der Waals surface area contributed by atoms with Crippen molar-refractivity contribution in [3.8, 4) is 11.4 Å². The van der Waals surface area contributed by atoms with Crippen LogP contribution in [0.15, 0.2) is 54.9 Å². The van der Waals surface area contributed by atoms with Crippen LogP contribution in [0.25, 0.3) is 11.4 Å². The predicted octanol–water partition coefficient (Wildman–Crippen LogP) is 3.24. The summed E-state index contributed by atoms with van der Waals surface area (Å²) in [6.45, 7) is 3.90. The summed E-state index contributed by atoms with van der Waals surface area (Å²) in [5, 5.41) is 10.1. The number of aromatic nitrogens is 4. The highest BCUT2D eigenvalue weighted by molar-refractivity contribution is 5.83. The summed E-state index contributed by atoms with van der Waals surface area (Å²) in [7, 11) is 0. The fraction of sp³-hybridized carbons (Fsp3) is 0.263. The molecule has 128 valence electrons. The summed E-state index contributed by atoms with van der Waals surface area (Å²) in [5.41, 5.74) is 1.85. The van der Waals surface area contributed by atoms with Crippen LogP contribution in [0.1, 0.15) is 43.6 Å². The summed E-state index contributed by atoms with van der Waals surface area (Å²) in [5.74, 6) is 0.999. The van der Waals surface area contributed by atoms with E-state index in [0.717, 1.165) is 17.5 Å². The van der Waals surface area contributed by atoms with E-state index in [0.29, 0.717) is 11.6 Å². The molecular formula is C19H21N5O. The van der Waals surface area contributed by atoms with Crippen LogP contribution in [0.3, 0.4) is 0 Å². The topological polar surface area (TPSA) is 83.6 Å². The average molecular weight is 335 g/mol. The van der Waals surface area contributed by atoms with Crippen molar-refractivity contribution in [2.75, 3.05) is 0 Å². The molecule has 2 N–H and O–H groups in total. The maximum absolute atomic E-state index is 12.7. The standard InChI is InChI=1S/C19H21N5O/c1-3-16(14-8-5-4-6-9-14)19(25)21-13(2)17-22-18(24-23-17)15-10-7-11-20-12-15/h4-13,16H,3H2,1-2H3,(H,21,25)(H,22,23,24)/t13-,16+/m1/s1. The second kappa shape index (κ2) is 7.70. The first-order valence-corrected chi connectivity index (χ1v) is 8.37.